The summed E-state index contributed by atoms with van der Waals surface area (Å²) in [6.07, 6.45) is -2.65. The number of hydrogen-bond acceptors (Lipinski definition) is 4. The van der Waals surface area contributed by atoms with Crippen molar-refractivity contribution in [3.8, 4) is 0 Å². The van der Waals surface area contributed by atoms with E-state index in [0.717, 1.165) is 22.7 Å². The molecule has 7 heteroatoms. The third-order valence-corrected chi connectivity index (χ3v) is 3.76. The minimum atomic E-state index is -4.32. The number of ether oxygens (including phenoxy) is 1. The van der Waals surface area contributed by atoms with Crippen LogP contribution in [0.25, 0.3) is 0 Å². The fourth-order valence-electron chi connectivity index (χ4n) is 1.89. The minimum Gasteiger partial charge on any atom is -0.383 e. The lowest BCUT2D eigenvalue weighted by Gasteiger charge is -2.17. The van der Waals surface area contributed by atoms with Crippen LogP contribution in [0.2, 0.25) is 0 Å². The summed E-state index contributed by atoms with van der Waals surface area (Å²) in [6.45, 7) is 1.10. The zero-order valence-electron chi connectivity index (χ0n) is 11.4. The molecule has 1 aromatic heterocycles. The Morgan fingerprint density at radius 1 is 1.29 bits per heavy atom. The highest BCUT2D eigenvalue weighted by Crippen LogP contribution is 2.31. The van der Waals surface area contributed by atoms with Gasteiger partial charge < -0.3 is 10.1 Å². The summed E-state index contributed by atoms with van der Waals surface area (Å²) < 4.78 is 42.8. The Hall–Kier alpha value is -1.44. The van der Waals surface area contributed by atoms with Gasteiger partial charge in [-0.15, -0.1) is 11.3 Å². The fourth-order valence-corrected chi connectivity index (χ4v) is 2.63. The standard InChI is InChI=1S/C14H15F3N2OS/c1-20-8-6-18-12(13-19-7-9-21-13)10-2-4-11(5-3-10)14(15,16)17/h2-5,7,9,12,18H,6,8H2,1H3. The molecule has 0 spiro atoms. The van der Waals surface area contributed by atoms with Crippen LogP contribution in [-0.4, -0.2) is 25.2 Å². The number of aromatic nitrogens is 1. The molecule has 0 saturated heterocycles. The van der Waals surface area contributed by atoms with Crippen molar-refractivity contribution in [2.45, 2.75) is 12.2 Å². The van der Waals surface area contributed by atoms with Gasteiger partial charge in [0.25, 0.3) is 0 Å². The SMILES string of the molecule is COCCNC(c1ccc(C(F)(F)F)cc1)c1nccs1. The molecule has 2 rings (SSSR count). The van der Waals surface area contributed by atoms with Crippen LogP contribution in [0, 0.1) is 0 Å². The average molecular weight is 316 g/mol. The van der Waals surface area contributed by atoms with E-state index in [1.54, 1.807) is 13.3 Å². The zero-order valence-corrected chi connectivity index (χ0v) is 12.2. The molecule has 0 aliphatic heterocycles. The number of rotatable bonds is 6. The topological polar surface area (TPSA) is 34.1 Å². The predicted octanol–water partition coefficient (Wildman–Crippen LogP) is 3.49. The van der Waals surface area contributed by atoms with E-state index in [2.05, 4.69) is 10.3 Å². The van der Waals surface area contributed by atoms with Crippen molar-refractivity contribution in [3.05, 3.63) is 52.0 Å². The second-order valence-electron chi connectivity index (χ2n) is 4.37. The van der Waals surface area contributed by atoms with Gasteiger partial charge in [-0.2, -0.15) is 13.2 Å². The van der Waals surface area contributed by atoms with E-state index < -0.39 is 11.7 Å². The first-order valence-corrected chi connectivity index (χ1v) is 7.19. The molecule has 114 valence electrons. The van der Waals surface area contributed by atoms with Crippen LogP contribution >= 0.6 is 11.3 Å². The largest absolute Gasteiger partial charge is 0.416 e. The maximum absolute atomic E-state index is 12.6. The van der Waals surface area contributed by atoms with E-state index >= 15 is 0 Å². The van der Waals surface area contributed by atoms with Gasteiger partial charge in [-0.1, -0.05) is 12.1 Å². The molecular weight excluding hydrogens is 301 g/mol. The second-order valence-corrected chi connectivity index (χ2v) is 5.30. The molecule has 1 atom stereocenters. The number of thiazole rings is 1. The Balaban J connectivity index is 2.20. The number of nitrogens with one attached hydrogen (secondary N) is 1. The number of nitrogens with zero attached hydrogens (tertiary/aromatic N) is 1. The molecule has 0 bridgehead atoms. The lowest BCUT2D eigenvalue weighted by molar-refractivity contribution is -0.137. The summed E-state index contributed by atoms with van der Waals surface area (Å²) in [4.78, 5) is 4.24. The van der Waals surface area contributed by atoms with Gasteiger partial charge >= 0.3 is 6.18 Å². The van der Waals surface area contributed by atoms with Gasteiger partial charge in [0.15, 0.2) is 0 Å². The van der Waals surface area contributed by atoms with Crippen molar-refractivity contribution in [3.63, 3.8) is 0 Å². The molecule has 1 unspecified atom stereocenters. The fraction of sp³-hybridized carbons (Fsp3) is 0.357. The van der Waals surface area contributed by atoms with E-state index in [4.69, 9.17) is 4.74 Å². The molecule has 0 saturated carbocycles. The van der Waals surface area contributed by atoms with Gasteiger partial charge in [-0.25, -0.2) is 4.98 Å². The normalized spacial score (nSPS) is 13.3. The quantitative estimate of drug-likeness (QED) is 0.829. The lowest BCUT2D eigenvalue weighted by Crippen LogP contribution is -2.26. The summed E-state index contributed by atoms with van der Waals surface area (Å²) in [6, 6.07) is 4.91. The Bertz CT molecular complexity index is 540. The molecule has 0 aliphatic carbocycles. The highest BCUT2D eigenvalue weighted by molar-refractivity contribution is 7.09. The van der Waals surface area contributed by atoms with E-state index in [-0.39, 0.29) is 6.04 Å². The van der Waals surface area contributed by atoms with Crippen LogP contribution < -0.4 is 5.32 Å². The van der Waals surface area contributed by atoms with Crippen LogP contribution in [0.1, 0.15) is 22.2 Å². The molecule has 2 aromatic rings. The number of hydrogen-bond donors (Lipinski definition) is 1. The first-order chi connectivity index (χ1) is 10.0. The Morgan fingerprint density at radius 2 is 2.00 bits per heavy atom. The number of benzene rings is 1. The van der Waals surface area contributed by atoms with Crippen LogP contribution in [-0.2, 0) is 10.9 Å². The summed E-state index contributed by atoms with van der Waals surface area (Å²) in [7, 11) is 1.60. The highest BCUT2D eigenvalue weighted by Gasteiger charge is 2.30. The van der Waals surface area contributed by atoms with Crippen molar-refractivity contribution in [2.75, 3.05) is 20.3 Å². The molecule has 0 aliphatic rings. The first kappa shape index (κ1) is 15.9. The Morgan fingerprint density at radius 3 is 2.52 bits per heavy atom. The maximum atomic E-state index is 12.6. The van der Waals surface area contributed by atoms with Gasteiger partial charge in [0, 0.05) is 25.2 Å². The van der Waals surface area contributed by atoms with E-state index in [1.165, 1.54) is 23.5 Å². The molecule has 1 heterocycles. The van der Waals surface area contributed by atoms with Crippen molar-refractivity contribution in [1.82, 2.24) is 10.3 Å². The Labute approximate surface area is 124 Å². The van der Waals surface area contributed by atoms with Crippen LogP contribution in [0.5, 0.6) is 0 Å². The predicted molar refractivity (Wildman–Crippen MR) is 75.3 cm³/mol. The molecule has 1 N–H and O–H groups in total. The molecule has 1 aromatic carbocycles. The van der Waals surface area contributed by atoms with Crippen LogP contribution in [0.4, 0.5) is 13.2 Å². The summed E-state index contributed by atoms with van der Waals surface area (Å²) in [5.74, 6) is 0. The third kappa shape index (κ3) is 4.26. The summed E-state index contributed by atoms with van der Waals surface area (Å²) >= 11 is 1.46. The molecule has 0 radical (unpaired) electrons. The first-order valence-electron chi connectivity index (χ1n) is 6.31. The summed E-state index contributed by atoms with van der Waals surface area (Å²) in [5.41, 5.74) is 0.0927. The van der Waals surface area contributed by atoms with Gasteiger partial charge in [0.1, 0.15) is 5.01 Å². The van der Waals surface area contributed by atoms with Crippen LogP contribution in [0.15, 0.2) is 35.8 Å². The molecular formula is C14H15F3N2OS. The third-order valence-electron chi connectivity index (χ3n) is 2.92. The van der Waals surface area contributed by atoms with Crippen LogP contribution in [0.3, 0.4) is 0 Å². The van der Waals surface area contributed by atoms with Crippen molar-refractivity contribution in [2.24, 2.45) is 0 Å². The number of methoxy groups -OCH3 is 1. The molecule has 3 nitrogen and oxygen atoms in total. The molecule has 0 amide bonds. The summed E-state index contributed by atoms with van der Waals surface area (Å²) in [5, 5.41) is 5.89. The Kier molecular flexibility index (Phi) is 5.33. The van der Waals surface area contributed by atoms with E-state index in [0.29, 0.717) is 13.2 Å². The van der Waals surface area contributed by atoms with Crippen molar-refractivity contribution >= 4 is 11.3 Å². The van der Waals surface area contributed by atoms with E-state index in [9.17, 15) is 13.2 Å². The van der Waals surface area contributed by atoms with Gasteiger partial charge in [0.2, 0.25) is 0 Å². The lowest BCUT2D eigenvalue weighted by atomic mass is 10.0. The highest BCUT2D eigenvalue weighted by atomic mass is 32.1. The zero-order chi connectivity index (χ0) is 15.3. The maximum Gasteiger partial charge on any atom is 0.416 e. The average Bonchev–Trinajstić information content (AvgIpc) is 2.97. The van der Waals surface area contributed by atoms with Crippen molar-refractivity contribution < 1.29 is 17.9 Å². The van der Waals surface area contributed by atoms with Gasteiger partial charge in [-0.3, -0.25) is 0 Å². The second kappa shape index (κ2) is 7.02. The van der Waals surface area contributed by atoms with Crippen molar-refractivity contribution in [1.29, 1.82) is 0 Å². The number of alkyl halides is 3. The van der Waals surface area contributed by atoms with E-state index in [1.807, 2.05) is 5.38 Å². The number of halogens is 3. The molecule has 21 heavy (non-hydrogen) atoms. The van der Waals surface area contributed by atoms with Gasteiger partial charge in [0.05, 0.1) is 18.2 Å². The molecule has 0 fully saturated rings. The minimum absolute atomic E-state index is 0.234. The monoisotopic (exact) mass is 316 g/mol. The smallest absolute Gasteiger partial charge is 0.383 e. The van der Waals surface area contributed by atoms with Gasteiger partial charge in [-0.05, 0) is 17.7 Å².